The second-order valence-corrected chi connectivity index (χ2v) is 9.87. The second kappa shape index (κ2) is 5.52. The Hall–Kier alpha value is -0.343. The van der Waals surface area contributed by atoms with Gasteiger partial charge in [0.2, 0.25) is 0 Å². The fourth-order valence-electron chi connectivity index (χ4n) is 0.791. The molecule has 0 atom stereocenters. The lowest BCUT2D eigenvalue weighted by Gasteiger charge is -2.36. The molecule has 0 bridgehead atoms. The minimum absolute atomic E-state index is 0.315. The van der Waals surface area contributed by atoms with Crippen LogP contribution in [-0.2, 0) is 4.43 Å². The van der Waals surface area contributed by atoms with Crippen LogP contribution in [0, 0.1) is 0 Å². The van der Waals surface area contributed by atoms with Gasteiger partial charge >= 0.3 is 0 Å². The Morgan fingerprint density at radius 2 is 1.86 bits per heavy atom. The van der Waals surface area contributed by atoms with Gasteiger partial charge in [0.1, 0.15) is 0 Å². The molecule has 0 aliphatic heterocycles. The van der Waals surface area contributed by atoms with Gasteiger partial charge in [-0.3, -0.25) is 0 Å². The Balaban J connectivity index is 3.89. The van der Waals surface area contributed by atoms with Crippen molar-refractivity contribution in [2.75, 3.05) is 6.61 Å². The van der Waals surface area contributed by atoms with Gasteiger partial charge in [0, 0.05) is 6.61 Å². The average Bonchev–Trinajstić information content (AvgIpc) is 2.02. The minimum atomic E-state index is -1.52. The average molecular weight is 212 g/mol. The van der Waals surface area contributed by atoms with Crippen LogP contribution < -0.4 is 0 Å². The van der Waals surface area contributed by atoms with E-state index in [2.05, 4.69) is 46.5 Å². The number of hydrogen-bond donors (Lipinski definition) is 0. The lowest BCUT2D eigenvalue weighted by atomic mass is 10.2. The molecule has 0 aromatic carbocycles. The Kier molecular flexibility index (Phi) is 5.38. The molecule has 0 fully saturated rings. The van der Waals surface area contributed by atoms with Gasteiger partial charge in [-0.15, -0.1) is 0 Å². The van der Waals surface area contributed by atoms with E-state index >= 15 is 0 Å². The second-order valence-electron chi connectivity index (χ2n) is 5.06. The third kappa shape index (κ3) is 4.77. The number of rotatable bonds is 5. The lowest BCUT2D eigenvalue weighted by molar-refractivity contribution is 0.294. The molecule has 0 rings (SSSR count). The fourth-order valence-corrected chi connectivity index (χ4v) is 1.85. The summed E-state index contributed by atoms with van der Waals surface area (Å²) in [6, 6.07) is 0. The summed E-state index contributed by atoms with van der Waals surface area (Å²) in [5, 5.41) is 0.315. The van der Waals surface area contributed by atoms with E-state index in [1.807, 2.05) is 6.08 Å². The first kappa shape index (κ1) is 13.7. The van der Waals surface area contributed by atoms with Crippen molar-refractivity contribution >= 4 is 8.32 Å². The largest absolute Gasteiger partial charge is 0.417 e. The molecule has 0 aliphatic rings. The first-order valence-corrected chi connectivity index (χ1v) is 8.13. The molecule has 0 saturated carbocycles. The zero-order valence-electron chi connectivity index (χ0n) is 10.3. The van der Waals surface area contributed by atoms with Crippen LogP contribution >= 0.6 is 0 Å². The van der Waals surface area contributed by atoms with Crippen molar-refractivity contribution in [3.63, 3.8) is 0 Å². The predicted molar refractivity (Wildman–Crippen MR) is 67.1 cm³/mol. The van der Waals surface area contributed by atoms with Crippen LogP contribution in [-0.4, -0.2) is 14.9 Å². The van der Waals surface area contributed by atoms with Gasteiger partial charge in [-0.25, -0.2) is 0 Å². The summed E-state index contributed by atoms with van der Waals surface area (Å²) in [6.07, 6.45) is 6.85. The van der Waals surface area contributed by atoms with Crippen molar-refractivity contribution in [1.82, 2.24) is 0 Å². The topological polar surface area (TPSA) is 9.23 Å². The molecule has 0 N–H and O–H groups in total. The third-order valence-corrected chi connectivity index (χ3v) is 7.36. The van der Waals surface area contributed by atoms with Crippen LogP contribution in [0.1, 0.15) is 27.2 Å². The summed E-state index contributed by atoms with van der Waals surface area (Å²) < 4.78 is 5.99. The zero-order chi connectivity index (χ0) is 11.2. The summed E-state index contributed by atoms with van der Waals surface area (Å²) in [5.74, 6) is 0. The van der Waals surface area contributed by atoms with Gasteiger partial charge in [-0.1, -0.05) is 45.6 Å². The predicted octanol–water partition coefficient (Wildman–Crippen LogP) is 4.14. The lowest BCUT2D eigenvalue weighted by Crippen LogP contribution is -2.40. The molecule has 0 saturated heterocycles. The van der Waals surface area contributed by atoms with Gasteiger partial charge in [0.15, 0.2) is 8.32 Å². The Morgan fingerprint density at radius 3 is 2.29 bits per heavy atom. The zero-order valence-corrected chi connectivity index (χ0v) is 11.3. The van der Waals surface area contributed by atoms with Crippen LogP contribution in [0.5, 0.6) is 0 Å². The number of allylic oxidation sites excluding steroid dienone is 2. The summed E-state index contributed by atoms with van der Waals surface area (Å²) >= 11 is 0. The fraction of sp³-hybridized carbons (Fsp3) is 0.667. The molecule has 0 amide bonds. The van der Waals surface area contributed by atoms with E-state index in [9.17, 15) is 0 Å². The van der Waals surface area contributed by atoms with E-state index in [1.165, 1.54) is 0 Å². The highest BCUT2D eigenvalue weighted by Gasteiger charge is 2.36. The van der Waals surface area contributed by atoms with E-state index in [1.54, 1.807) is 6.08 Å². The van der Waals surface area contributed by atoms with E-state index in [-0.39, 0.29) is 0 Å². The Morgan fingerprint density at radius 1 is 1.29 bits per heavy atom. The molecule has 0 aromatic rings. The van der Waals surface area contributed by atoms with Crippen molar-refractivity contribution in [1.29, 1.82) is 0 Å². The van der Waals surface area contributed by atoms with Crippen molar-refractivity contribution < 1.29 is 4.43 Å². The van der Waals surface area contributed by atoms with Gasteiger partial charge in [0.25, 0.3) is 0 Å². The van der Waals surface area contributed by atoms with E-state index in [4.69, 9.17) is 4.43 Å². The minimum Gasteiger partial charge on any atom is -0.417 e. The third-order valence-electron chi connectivity index (χ3n) is 2.83. The van der Waals surface area contributed by atoms with Crippen LogP contribution in [0.3, 0.4) is 0 Å². The van der Waals surface area contributed by atoms with Crippen molar-refractivity contribution in [3.8, 4) is 0 Å². The highest BCUT2D eigenvalue weighted by molar-refractivity contribution is 6.74. The first-order chi connectivity index (χ1) is 6.31. The van der Waals surface area contributed by atoms with Gasteiger partial charge in [-0.2, -0.15) is 0 Å². The van der Waals surface area contributed by atoms with E-state index in [0.717, 1.165) is 13.0 Å². The number of hydrogen-bond acceptors (Lipinski definition) is 1. The molecule has 0 heterocycles. The van der Waals surface area contributed by atoms with Crippen LogP contribution in [0.4, 0.5) is 0 Å². The van der Waals surface area contributed by atoms with Gasteiger partial charge in [-0.05, 0) is 24.6 Å². The van der Waals surface area contributed by atoms with E-state index in [0.29, 0.717) is 5.04 Å². The molecular formula is C12H24OSi. The first-order valence-electron chi connectivity index (χ1n) is 5.23. The van der Waals surface area contributed by atoms with Crippen LogP contribution in [0.2, 0.25) is 18.1 Å². The maximum absolute atomic E-state index is 5.99. The summed E-state index contributed by atoms with van der Waals surface area (Å²) in [4.78, 5) is 0. The standard InChI is InChI=1S/C12H24OSi/c1-7-8-9-10-11-13-14(5,6)12(2,3)4/h7-9H,1,10-11H2,2-6H3/b9-8+. The van der Waals surface area contributed by atoms with E-state index < -0.39 is 8.32 Å². The van der Waals surface area contributed by atoms with Crippen LogP contribution in [0.15, 0.2) is 24.8 Å². The highest BCUT2D eigenvalue weighted by Crippen LogP contribution is 2.36. The molecule has 0 radical (unpaired) electrons. The maximum atomic E-state index is 5.99. The maximum Gasteiger partial charge on any atom is 0.191 e. The van der Waals surface area contributed by atoms with Gasteiger partial charge < -0.3 is 4.43 Å². The molecule has 0 unspecified atom stereocenters. The molecule has 0 spiro atoms. The SMILES string of the molecule is C=C/C=C/CCO[Si](C)(C)C(C)(C)C. The quantitative estimate of drug-likeness (QED) is 0.378. The molecule has 2 heteroatoms. The normalized spacial score (nSPS) is 13.5. The summed E-state index contributed by atoms with van der Waals surface area (Å²) in [6.45, 7) is 15.8. The Labute approximate surface area is 90.0 Å². The summed E-state index contributed by atoms with van der Waals surface area (Å²) in [7, 11) is -1.52. The van der Waals surface area contributed by atoms with Crippen molar-refractivity contribution in [2.45, 2.75) is 45.3 Å². The Bertz CT molecular complexity index is 199. The molecule has 1 nitrogen and oxygen atoms in total. The smallest absolute Gasteiger partial charge is 0.191 e. The monoisotopic (exact) mass is 212 g/mol. The molecular weight excluding hydrogens is 188 g/mol. The molecule has 82 valence electrons. The van der Waals surface area contributed by atoms with Crippen LogP contribution in [0.25, 0.3) is 0 Å². The van der Waals surface area contributed by atoms with Gasteiger partial charge in [0.05, 0.1) is 0 Å². The van der Waals surface area contributed by atoms with Crippen molar-refractivity contribution in [3.05, 3.63) is 24.8 Å². The van der Waals surface area contributed by atoms with Crippen molar-refractivity contribution in [2.24, 2.45) is 0 Å². The molecule has 14 heavy (non-hydrogen) atoms. The summed E-state index contributed by atoms with van der Waals surface area (Å²) in [5.41, 5.74) is 0. The molecule has 0 aliphatic carbocycles. The molecule has 0 aromatic heterocycles. The highest BCUT2D eigenvalue weighted by atomic mass is 28.4.